The van der Waals surface area contributed by atoms with Crippen LogP contribution in [0.3, 0.4) is 0 Å². The first-order chi connectivity index (χ1) is 14.5. The summed E-state index contributed by atoms with van der Waals surface area (Å²) in [4.78, 5) is 29.9. The molecule has 2 aromatic carbocycles. The van der Waals surface area contributed by atoms with E-state index < -0.39 is 0 Å². The quantitative estimate of drug-likeness (QED) is 0.727. The number of rotatable bonds is 4. The van der Waals surface area contributed by atoms with Crippen LogP contribution in [-0.4, -0.2) is 47.4 Å². The molecule has 0 unspecified atom stereocenters. The molecule has 2 aliphatic heterocycles. The Balaban J connectivity index is 1.59. The zero-order valence-electron chi connectivity index (χ0n) is 16.8. The summed E-state index contributed by atoms with van der Waals surface area (Å²) >= 11 is 6.13. The molecule has 4 rings (SSSR count). The first-order valence-corrected chi connectivity index (χ1v) is 10.5. The van der Waals surface area contributed by atoms with Crippen molar-refractivity contribution in [3.63, 3.8) is 0 Å². The number of hydrogen-bond donors (Lipinski definition) is 0. The minimum atomic E-state index is -0.299. The number of likely N-dealkylation sites (tertiary alicyclic amines) is 2. The molecule has 2 atom stereocenters. The van der Waals surface area contributed by atoms with E-state index in [4.69, 9.17) is 16.3 Å². The zero-order chi connectivity index (χ0) is 21.3. The molecule has 2 heterocycles. The van der Waals surface area contributed by atoms with Crippen molar-refractivity contribution in [3.8, 4) is 5.75 Å². The molecule has 30 heavy (non-hydrogen) atoms. The third-order valence-corrected chi connectivity index (χ3v) is 6.28. The van der Waals surface area contributed by atoms with Gasteiger partial charge in [0.2, 0.25) is 5.91 Å². The Morgan fingerprint density at radius 2 is 1.93 bits per heavy atom. The Bertz CT molecular complexity index is 950. The Hall–Kier alpha value is -2.60. The number of nitrogens with zero attached hydrogens (tertiary/aromatic N) is 2. The summed E-state index contributed by atoms with van der Waals surface area (Å²) in [6.45, 7) is 0.986. The van der Waals surface area contributed by atoms with Gasteiger partial charge in [0.05, 0.1) is 24.8 Å². The monoisotopic (exact) mass is 430 g/mol. The summed E-state index contributed by atoms with van der Waals surface area (Å²) in [5.74, 6) is 0.145. The first-order valence-electron chi connectivity index (χ1n) is 10.2. The highest BCUT2D eigenvalue weighted by molar-refractivity contribution is 6.31. The van der Waals surface area contributed by atoms with Crippen LogP contribution in [0, 0.1) is 5.82 Å². The molecule has 5 nitrogen and oxygen atoms in total. The van der Waals surface area contributed by atoms with Crippen molar-refractivity contribution in [2.24, 2.45) is 0 Å². The highest BCUT2D eigenvalue weighted by Gasteiger charge is 2.43. The lowest BCUT2D eigenvalue weighted by atomic mass is 10.0. The molecule has 7 heteroatoms. The highest BCUT2D eigenvalue weighted by atomic mass is 35.5. The highest BCUT2D eigenvalue weighted by Crippen LogP contribution is 2.34. The predicted octanol–water partition coefficient (Wildman–Crippen LogP) is 4.28. The summed E-state index contributed by atoms with van der Waals surface area (Å²) < 4.78 is 18.6. The van der Waals surface area contributed by atoms with Gasteiger partial charge in [-0.1, -0.05) is 23.7 Å². The lowest BCUT2D eigenvalue weighted by molar-refractivity contribution is -0.133. The van der Waals surface area contributed by atoms with Crippen LogP contribution in [0.5, 0.6) is 5.75 Å². The number of hydrogen-bond acceptors (Lipinski definition) is 3. The van der Waals surface area contributed by atoms with Gasteiger partial charge in [-0.15, -0.1) is 0 Å². The molecule has 2 aromatic rings. The summed E-state index contributed by atoms with van der Waals surface area (Å²) in [6, 6.07) is 11.1. The maximum absolute atomic E-state index is 13.4. The normalized spacial score (nSPS) is 21.4. The SMILES string of the molecule is COc1ccc(Cl)cc1C(=O)N1CC[C@@H]2[C@H]1CCCC(=O)N2Cc1ccc(F)cc1. The standard InChI is InChI=1S/C23H24ClFN2O3/c1-30-21-10-7-16(24)13-18(21)23(29)26-12-11-20-19(26)3-2-4-22(28)27(20)14-15-5-8-17(25)9-6-15/h5-10,13,19-20H,2-4,11-12,14H2,1H3/t19-,20-/m1/s1. The van der Waals surface area contributed by atoms with E-state index in [1.54, 1.807) is 30.3 Å². The topological polar surface area (TPSA) is 49.9 Å². The second-order valence-corrected chi connectivity index (χ2v) is 8.24. The van der Waals surface area contributed by atoms with Crippen molar-refractivity contribution >= 4 is 23.4 Å². The Morgan fingerprint density at radius 3 is 2.67 bits per heavy atom. The van der Waals surface area contributed by atoms with Crippen molar-refractivity contribution in [3.05, 3.63) is 64.4 Å². The molecule has 0 bridgehead atoms. The minimum Gasteiger partial charge on any atom is -0.496 e. The van der Waals surface area contributed by atoms with Crippen LogP contribution in [0.15, 0.2) is 42.5 Å². The van der Waals surface area contributed by atoms with Gasteiger partial charge in [-0.05, 0) is 55.2 Å². The summed E-state index contributed by atoms with van der Waals surface area (Å²) in [7, 11) is 1.53. The van der Waals surface area contributed by atoms with E-state index in [0.29, 0.717) is 42.3 Å². The number of benzene rings is 2. The van der Waals surface area contributed by atoms with Crippen molar-refractivity contribution < 1.29 is 18.7 Å². The van der Waals surface area contributed by atoms with Gasteiger partial charge >= 0.3 is 0 Å². The van der Waals surface area contributed by atoms with E-state index in [1.165, 1.54) is 19.2 Å². The molecule has 0 spiro atoms. The number of carbonyl (C=O) groups excluding carboxylic acids is 2. The molecular formula is C23H24ClFN2O3. The molecule has 0 saturated carbocycles. The minimum absolute atomic E-state index is 0.0563. The third-order valence-electron chi connectivity index (χ3n) is 6.04. The number of carbonyl (C=O) groups is 2. The van der Waals surface area contributed by atoms with Crippen molar-refractivity contribution in [1.82, 2.24) is 9.80 Å². The number of methoxy groups -OCH3 is 1. The summed E-state index contributed by atoms with van der Waals surface area (Å²) in [6.07, 6.45) is 2.67. The first kappa shape index (κ1) is 20.7. The van der Waals surface area contributed by atoms with E-state index in [9.17, 15) is 14.0 Å². The smallest absolute Gasteiger partial charge is 0.257 e. The molecule has 2 amide bonds. The Morgan fingerprint density at radius 1 is 1.17 bits per heavy atom. The number of halogens is 2. The van der Waals surface area contributed by atoms with Gasteiger partial charge in [-0.25, -0.2) is 4.39 Å². The average Bonchev–Trinajstić information content (AvgIpc) is 3.09. The zero-order valence-corrected chi connectivity index (χ0v) is 17.6. The van der Waals surface area contributed by atoms with E-state index in [0.717, 1.165) is 18.4 Å². The molecule has 2 saturated heterocycles. The Kier molecular flexibility index (Phi) is 5.95. The molecule has 0 aromatic heterocycles. The van der Waals surface area contributed by atoms with E-state index >= 15 is 0 Å². The van der Waals surface area contributed by atoms with E-state index in [1.807, 2.05) is 9.80 Å². The third kappa shape index (κ3) is 4.01. The van der Waals surface area contributed by atoms with Crippen LogP contribution < -0.4 is 4.74 Å². The van der Waals surface area contributed by atoms with E-state index in [2.05, 4.69) is 0 Å². The van der Waals surface area contributed by atoms with Gasteiger partial charge in [0, 0.05) is 24.5 Å². The van der Waals surface area contributed by atoms with Crippen LogP contribution in [0.2, 0.25) is 5.02 Å². The Labute approximate surface area is 180 Å². The van der Waals surface area contributed by atoms with Crippen LogP contribution in [0.1, 0.15) is 41.6 Å². The molecule has 0 radical (unpaired) electrons. The predicted molar refractivity (Wildman–Crippen MR) is 112 cm³/mol. The lowest BCUT2D eigenvalue weighted by Crippen LogP contribution is -2.47. The van der Waals surface area contributed by atoms with Gasteiger partial charge in [-0.3, -0.25) is 9.59 Å². The van der Waals surface area contributed by atoms with Gasteiger partial charge in [0.25, 0.3) is 5.91 Å². The largest absolute Gasteiger partial charge is 0.496 e. The maximum Gasteiger partial charge on any atom is 0.257 e. The molecular weight excluding hydrogens is 407 g/mol. The summed E-state index contributed by atoms with van der Waals surface area (Å²) in [5, 5.41) is 0.476. The lowest BCUT2D eigenvalue weighted by Gasteiger charge is -2.33. The molecule has 2 aliphatic rings. The van der Waals surface area contributed by atoms with Crippen LogP contribution in [-0.2, 0) is 11.3 Å². The van der Waals surface area contributed by atoms with Crippen molar-refractivity contribution in [2.45, 2.75) is 44.3 Å². The number of ether oxygens (including phenoxy) is 1. The molecule has 2 fully saturated rings. The van der Waals surface area contributed by atoms with Gasteiger partial charge in [0.1, 0.15) is 11.6 Å². The summed E-state index contributed by atoms with van der Waals surface area (Å²) in [5.41, 5.74) is 1.32. The van der Waals surface area contributed by atoms with Gasteiger partial charge in [0.15, 0.2) is 0 Å². The maximum atomic E-state index is 13.4. The molecule has 0 N–H and O–H groups in total. The number of amides is 2. The van der Waals surface area contributed by atoms with Crippen LogP contribution >= 0.6 is 11.6 Å². The fourth-order valence-corrected chi connectivity index (χ4v) is 4.76. The van der Waals surface area contributed by atoms with Crippen molar-refractivity contribution in [2.75, 3.05) is 13.7 Å². The number of fused-ring (bicyclic) bond motifs is 1. The second-order valence-electron chi connectivity index (χ2n) is 7.81. The van der Waals surface area contributed by atoms with Crippen LogP contribution in [0.4, 0.5) is 4.39 Å². The van der Waals surface area contributed by atoms with Gasteiger partial charge in [-0.2, -0.15) is 0 Å². The van der Waals surface area contributed by atoms with Crippen LogP contribution in [0.25, 0.3) is 0 Å². The fourth-order valence-electron chi connectivity index (χ4n) is 4.59. The fraction of sp³-hybridized carbons (Fsp3) is 0.391. The molecule has 158 valence electrons. The molecule has 0 aliphatic carbocycles. The average molecular weight is 431 g/mol. The van der Waals surface area contributed by atoms with E-state index in [-0.39, 0.29) is 29.7 Å². The second kappa shape index (κ2) is 8.64. The van der Waals surface area contributed by atoms with Crippen molar-refractivity contribution in [1.29, 1.82) is 0 Å². The van der Waals surface area contributed by atoms with Gasteiger partial charge < -0.3 is 14.5 Å².